The molecule has 0 radical (unpaired) electrons. The monoisotopic (exact) mass is 1090 g/mol. The molecule has 12 aromatic rings. The van der Waals surface area contributed by atoms with E-state index in [1.165, 1.54) is 62.7 Å². The summed E-state index contributed by atoms with van der Waals surface area (Å²) in [5.41, 5.74) is 10.0. The molecule has 12 aromatic heterocycles. The fourth-order valence-corrected chi connectivity index (χ4v) is 6.18. The first-order chi connectivity index (χ1) is 34.7. The van der Waals surface area contributed by atoms with Gasteiger partial charge in [0.25, 0.3) is 0 Å². The number of nitrogens with zero attached hydrogens (tertiary/aromatic N) is 12. The average Bonchev–Trinajstić information content (AvgIpc) is 4.18. The minimum absolute atomic E-state index is 0.718. The molecule has 0 aromatic carbocycles. The minimum Gasteiger partial charge on any atom is -0.452 e. The van der Waals surface area contributed by atoms with Crippen LogP contribution in [0.25, 0.3) is 0 Å². The fourth-order valence-electron chi connectivity index (χ4n) is 3.31. The lowest BCUT2D eigenvalue weighted by atomic mass is 10.4. The predicted octanol–water partition coefficient (Wildman–Crippen LogP) is 14.6. The SMILES string of the molecule is Cc1ccno1.Cc1ccns1.Cc1ccon1.Cc1ccsn1.Cc1cnco1.Cc1cncs1.Cc1cnoc1.Cc1cnsc1.Cc1cocn1.Cc1cscn1.Cc1ncco1.Cc1nccs1. The van der Waals surface area contributed by atoms with E-state index in [9.17, 15) is 0 Å². The second-order valence-corrected chi connectivity index (χ2v) is 18.8. The molecule has 0 amide bonds. The topological polar surface area (TPSA) is 234 Å². The molecule has 0 aliphatic carbocycles. The van der Waals surface area contributed by atoms with Crippen molar-refractivity contribution in [2.24, 2.45) is 0 Å². The van der Waals surface area contributed by atoms with E-state index < -0.39 is 0 Å². The van der Waals surface area contributed by atoms with Crippen molar-refractivity contribution in [2.75, 3.05) is 0 Å². The summed E-state index contributed by atoms with van der Waals surface area (Å²) in [6, 6.07) is 7.59. The molecule has 0 bridgehead atoms. The van der Waals surface area contributed by atoms with Gasteiger partial charge in [0, 0.05) is 86.4 Å². The van der Waals surface area contributed by atoms with Crippen molar-refractivity contribution in [3.8, 4) is 0 Å². The standard InChI is InChI=1S/6C4H5NO.6C4H5NS/c1-4-2-6-3-5-4;1-4-2-5-3-6-4;1-4-2-5-6-3-4;1-4-5-2-3-6-4;1-4-2-3-6-5-4;1-4-2-3-5-6-4;1-4-2-6-3-5-4;1-4-2-5-3-6-4;1-4-2-5-6-3-4;1-4-5-2-3-6-4;1-4-2-3-6-5-4;1-4-2-3-5-6-4/h12*2-3H,1H3. The zero-order valence-electron chi connectivity index (χ0n) is 42.1. The summed E-state index contributed by atoms with van der Waals surface area (Å²) in [6.07, 6.45) is 23.0. The third-order valence-corrected chi connectivity index (χ3v) is 10.8. The van der Waals surface area contributed by atoms with Gasteiger partial charge in [-0.05, 0) is 128 Å². The summed E-state index contributed by atoms with van der Waals surface area (Å²) in [5, 5.41) is 19.5. The molecule has 0 aliphatic rings. The Labute approximate surface area is 444 Å². The van der Waals surface area contributed by atoms with Crippen LogP contribution in [0.5, 0.6) is 0 Å². The van der Waals surface area contributed by atoms with E-state index in [1.54, 1.807) is 115 Å². The lowest BCUT2D eigenvalue weighted by Crippen LogP contribution is -1.59. The normalized spacial score (nSPS) is 8.83. The first-order valence-electron chi connectivity index (χ1n) is 21.1. The number of aryl methyl sites for hydroxylation is 12. The molecule has 0 saturated heterocycles. The van der Waals surface area contributed by atoms with Crippen LogP contribution in [-0.4, -0.2) is 58.5 Å². The number of hydrogen-bond acceptors (Lipinski definition) is 24. The zero-order valence-corrected chi connectivity index (χ0v) is 47.0. The molecule has 0 spiro atoms. The van der Waals surface area contributed by atoms with E-state index in [0.29, 0.717) is 0 Å². The molecule has 0 fully saturated rings. The van der Waals surface area contributed by atoms with Gasteiger partial charge in [-0.1, -0.05) is 15.5 Å². The molecule has 12 heterocycles. The van der Waals surface area contributed by atoms with Gasteiger partial charge in [-0.15, -0.1) is 34.0 Å². The largest absolute Gasteiger partial charge is 0.452 e. The Morgan fingerprint density at radius 1 is 0.500 bits per heavy atom. The number of aromatic nitrogens is 12. The maximum absolute atomic E-state index is 4.72. The van der Waals surface area contributed by atoms with Crippen LogP contribution in [0.15, 0.2) is 171 Å². The van der Waals surface area contributed by atoms with Crippen LogP contribution in [0, 0.1) is 83.1 Å². The smallest absolute Gasteiger partial charge is 0.190 e. The lowest BCUT2D eigenvalue weighted by Gasteiger charge is -1.67. The quantitative estimate of drug-likeness (QED) is 0.137. The Balaban J connectivity index is 0.000000393. The van der Waals surface area contributed by atoms with Gasteiger partial charge >= 0.3 is 0 Å². The molecule has 0 atom stereocenters. The molecular weight excluding hydrogens is 1030 g/mol. The summed E-state index contributed by atoms with van der Waals surface area (Å²) in [7, 11) is 0. The van der Waals surface area contributed by atoms with Crippen LogP contribution >= 0.6 is 68.6 Å². The van der Waals surface area contributed by atoms with Crippen LogP contribution in [0.3, 0.4) is 0 Å². The van der Waals surface area contributed by atoms with Crippen molar-refractivity contribution in [3.05, 3.63) is 210 Å². The number of thiazole rings is 3. The molecule has 0 N–H and O–H groups in total. The van der Waals surface area contributed by atoms with Gasteiger partial charge in [0.2, 0.25) is 0 Å². The molecule has 0 unspecified atom stereocenters. The van der Waals surface area contributed by atoms with Crippen molar-refractivity contribution in [2.45, 2.75) is 83.1 Å². The van der Waals surface area contributed by atoms with Gasteiger partial charge in [0.15, 0.2) is 18.7 Å². The van der Waals surface area contributed by atoms with E-state index in [-0.39, 0.29) is 0 Å². The maximum Gasteiger partial charge on any atom is 0.190 e. The van der Waals surface area contributed by atoms with Crippen LogP contribution < -0.4 is 0 Å². The van der Waals surface area contributed by atoms with Gasteiger partial charge in [-0.25, -0.2) is 23.7 Å². The second kappa shape index (κ2) is 42.9. The molecule has 72 heavy (non-hydrogen) atoms. The average molecular weight is 1090 g/mol. The van der Waals surface area contributed by atoms with Crippen molar-refractivity contribution < 1.29 is 26.8 Å². The predicted molar refractivity (Wildman–Crippen MR) is 289 cm³/mol. The van der Waals surface area contributed by atoms with Gasteiger partial charge in [0.05, 0.1) is 57.9 Å². The third kappa shape index (κ3) is 40.9. The van der Waals surface area contributed by atoms with Crippen molar-refractivity contribution in [1.82, 2.24) is 58.5 Å². The molecule has 12 rings (SSSR count). The lowest BCUT2D eigenvalue weighted by molar-refractivity contribution is 0.397. The molecule has 24 heteroatoms. The summed E-state index contributed by atoms with van der Waals surface area (Å²) >= 11 is 9.47. The van der Waals surface area contributed by atoms with Gasteiger partial charge in [0.1, 0.15) is 36.6 Å². The van der Waals surface area contributed by atoms with Gasteiger partial charge in [-0.3, -0.25) is 15.0 Å². The van der Waals surface area contributed by atoms with E-state index in [4.69, 9.17) is 8.83 Å². The Hall–Kier alpha value is -6.96. The second-order valence-electron chi connectivity index (χ2n) is 13.5. The number of hydrogen-bond donors (Lipinski definition) is 0. The highest BCUT2D eigenvalue weighted by Crippen LogP contribution is 2.01. The van der Waals surface area contributed by atoms with Gasteiger partial charge < -0.3 is 26.8 Å². The summed E-state index contributed by atoms with van der Waals surface area (Å²) in [5.74, 6) is 2.43. The van der Waals surface area contributed by atoms with Crippen molar-refractivity contribution in [1.29, 1.82) is 0 Å². The summed E-state index contributed by atoms with van der Waals surface area (Å²) < 4.78 is 39.2. The highest BCUT2D eigenvalue weighted by atomic mass is 32.1. The fraction of sp³-hybridized carbons (Fsp3) is 0.250. The molecule has 0 saturated carbocycles. The maximum atomic E-state index is 4.72. The van der Waals surface area contributed by atoms with E-state index in [2.05, 4.69) is 76.5 Å². The summed E-state index contributed by atoms with van der Waals surface area (Å²) in [4.78, 5) is 25.4. The van der Waals surface area contributed by atoms with E-state index in [0.717, 1.165) is 50.8 Å². The Morgan fingerprint density at radius 2 is 1.33 bits per heavy atom. The summed E-state index contributed by atoms with van der Waals surface area (Å²) in [6.45, 7) is 23.3. The Morgan fingerprint density at radius 3 is 1.50 bits per heavy atom. The Bertz CT molecular complexity index is 2040. The first-order valence-corrected chi connectivity index (χ1v) is 26.2. The Kier molecular flexibility index (Phi) is 37.6. The van der Waals surface area contributed by atoms with Gasteiger partial charge in [-0.2, -0.15) is 4.37 Å². The molecule has 384 valence electrons. The van der Waals surface area contributed by atoms with Crippen LogP contribution in [0.2, 0.25) is 0 Å². The number of oxazole rings is 3. The van der Waals surface area contributed by atoms with Crippen LogP contribution in [0.1, 0.15) is 66.1 Å². The first kappa shape index (κ1) is 63.1. The zero-order chi connectivity index (χ0) is 52.9. The molecule has 0 aliphatic heterocycles. The minimum atomic E-state index is 0.718. The molecule has 18 nitrogen and oxygen atoms in total. The van der Waals surface area contributed by atoms with Crippen LogP contribution in [-0.2, 0) is 0 Å². The van der Waals surface area contributed by atoms with Crippen molar-refractivity contribution in [3.63, 3.8) is 0 Å². The highest BCUT2D eigenvalue weighted by Gasteiger charge is 1.83. The molecular formula is C48H60N12O6S6. The van der Waals surface area contributed by atoms with E-state index >= 15 is 0 Å². The van der Waals surface area contributed by atoms with E-state index in [1.807, 2.05) is 133 Å². The highest BCUT2D eigenvalue weighted by molar-refractivity contribution is 7.09. The van der Waals surface area contributed by atoms with Crippen molar-refractivity contribution >= 4 is 68.6 Å². The third-order valence-electron chi connectivity index (χ3n) is 6.71. The number of rotatable bonds is 0. The van der Waals surface area contributed by atoms with Crippen LogP contribution in [0.4, 0.5) is 0 Å².